The van der Waals surface area contributed by atoms with Crippen molar-refractivity contribution >= 4 is 27.4 Å². The van der Waals surface area contributed by atoms with Gasteiger partial charge in [-0.05, 0) is 12.5 Å². The molecule has 0 saturated heterocycles. The Morgan fingerprint density at radius 2 is 2.30 bits per heavy atom. The molecule has 1 aromatic rings. The van der Waals surface area contributed by atoms with Crippen LogP contribution in [0.5, 0.6) is 0 Å². The van der Waals surface area contributed by atoms with Gasteiger partial charge in [0, 0.05) is 12.4 Å². The number of thiocarbonyl (C=S) groups is 1. The molecule has 56 valence electrons. The van der Waals surface area contributed by atoms with Crippen molar-refractivity contribution in [2.75, 3.05) is 12.5 Å². The molecule has 0 bridgehead atoms. The van der Waals surface area contributed by atoms with Gasteiger partial charge in [0.05, 0.1) is 0 Å². The molecule has 0 aromatic carbocycles. The highest BCUT2D eigenvalue weighted by Crippen LogP contribution is 2.17. The summed E-state index contributed by atoms with van der Waals surface area (Å²) in [5, 5.41) is 0. The fourth-order valence-electron chi connectivity index (χ4n) is 0.603. The number of aromatic nitrogens is 2. The van der Waals surface area contributed by atoms with Gasteiger partial charge in [-0.25, -0.2) is 15.9 Å². The molecule has 0 aliphatic carbocycles. The third kappa shape index (κ3) is 1.58. The second-order valence-corrected chi connectivity index (χ2v) is 5.05. The Balaban J connectivity index is 2.78. The van der Waals surface area contributed by atoms with Gasteiger partial charge >= 0.3 is 0 Å². The summed E-state index contributed by atoms with van der Waals surface area (Å²) in [6.45, 7) is 0. The van der Waals surface area contributed by atoms with E-state index < -0.39 is 0 Å². The lowest BCUT2D eigenvalue weighted by molar-refractivity contribution is 1.18. The fourth-order valence-corrected chi connectivity index (χ4v) is 1.29. The van der Waals surface area contributed by atoms with Crippen LogP contribution in [0.15, 0.2) is 18.7 Å². The van der Waals surface area contributed by atoms with Crippen LogP contribution < -0.4 is 0 Å². The minimum atomic E-state index is -0.158. The van der Waals surface area contributed by atoms with E-state index >= 15 is 0 Å². The minimum Gasteiger partial charge on any atom is -0.293 e. The van der Waals surface area contributed by atoms with Crippen LogP contribution >= 0.6 is 23.1 Å². The summed E-state index contributed by atoms with van der Waals surface area (Å²) in [5.41, 5.74) is 0. The Kier molecular flexibility index (Phi) is 2.45. The van der Waals surface area contributed by atoms with E-state index in [4.69, 9.17) is 12.2 Å². The van der Waals surface area contributed by atoms with Crippen LogP contribution in [0, 0.1) is 0 Å². The van der Waals surface area contributed by atoms with E-state index in [1.54, 1.807) is 12.5 Å². The molecule has 0 amide bonds. The lowest BCUT2D eigenvalue weighted by Gasteiger charge is -2.10. The summed E-state index contributed by atoms with van der Waals surface area (Å²) in [6.07, 6.45) is 9.63. The van der Waals surface area contributed by atoms with E-state index in [1.807, 2.05) is 10.8 Å². The number of hydrogen-bond donors (Lipinski definition) is 1. The van der Waals surface area contributed by atoms with Crippen LogP contribution in [0.25, 0.3) is 0 Å². The van der Waals surface area contributed by atoms with Crippen LogP contribution in [0.3, 0.4) is 0 Å². The van der Waals surface area contributed by atoms with Crippen molar-refractivity contribution < 1.29 is 0 Å². The first-order chi connectivity index (χ1) is 4.72. The molecule has 0 atom stereocenters. The average Bonchev–Trinajstić information content (AvgIpc) is 2.36. The van der Waals surface area contributed by atoms with Gasteiger partial charge in [-0.3, -0.25) is 4.57 Å². The van der Waals surface area contributed by atoms with Crippen LogP contribution in [-0.4, -0.2) is 26.4 Å². The van der Waals surface area contributed by atoms with E-state index in [-0.39, 0.29) is 10.9 Å². The largest absolute Gasteiger partial charge is 0.293 e. The molecule has 0 N–H and O–H groups in total. The summed E-state index contributed by atoms with van der Waals surface area (Å²) >= 11 is 5.15. The molecule has 1 heterocycles. The molecule has 4 heteroatoms. The van der Waals surface area contributed by atoms with Gasteiger partial charge in [0.1, 0.15) is 10.6 Å². The lowest BCUT2D eigenvalue weighted by atomic mass is 10.9. The molecular formula is C6H10N2S2. The van der Waals surface area contributed by atoms with Crippen LogP contribution in [0.4, 0.5) is 0 Å². The topological polar surface area (TPSA) is 17.8 Å². The smallest absolute Gasteiger partial charge is 0.125 e. The zero-order valence-electron chi connectivity index (χ0n) is 5.98. The highest BCUT2D eigenvalue weighted by atomic mass is 32.2. The van der Waals surface area contributed by atoms with Gasteiger partial charge in [-0.2, -0.15) is 0 Å². The summed E-state index contributed by atoms with van der Waals surface area (Å²) in [5.74, 6) is 0. The van der Waals surface area contributed by atoms with Gasteiger partial charge < -0.3 is 0 Å². The highest BCUT2D eigenvalue weighted by molar-refractivity contribution is 8.35. The zero-order valence-corrected chi connectivity index (χ0v) is 7.69. The van der Waals surface area contributed by atoms with Crippen LogP contribution in [-0.2, 0) is 0 Å². The van der Waals surface area contributed by atoms with Crippen LogP contribution in [0.1, 0.15) is 0 Å². The predicted octanol–water partition coefficient (Wildman–Crippen LogP) is 1.28. The van der Waals surface area contributed by atoms with Crippen molar-refractivity contribution in [2.45, 2.75) is 0 Å². The van der Waals surface area contributed by atoms with Gasteiger partial charge in [0.15, 0.2) is 0 Å². The van der Waals surface area contributed by atoms with Crippen molar-refractivity contribution in [1.29, 1.82) is 0 Å². The van der Waals surface area contributed by atoms with Gasteiger partial charge in [-0.1, -0.05) is 12.2 Å². The molecule has 1 rings (SSSR count). The summed E-state index contributed by atoms with van der Waals surface area (Å²) in [7, 11) is -0.158. The van der Waals surface area contributed by atoms with Crippen LogP contribution in [0.2, 0.25) is 0 Å². The van der Waals surface area contributed by atoms with Crippen molar-refractivity contribution in [1.82, 2.24) is 9.55 Å². The first-order valence-electron chi connectivity index (χ1n) is 2.91. The summed E-state index contributed by atoms with van der Waals surface area (Å²) < 4.78 is 2.87. The molecule has 0 fully saturated rings. The van der Waals surface area contributed by atoms with Crippen molar-refractivity contribution in [3.05, 3.63) is 18.7 Å². The second-order valence-electron chi connectivity index (χ2n) is 2.15. The van der Waals surface area contributed by atoms with Gasteiger partial charge in [0.2, 0.25) is 0 Å². The summed E-state index contributed by atoms with van der Waals surface area (Å²) in [4.78, 5) is 3.91. The fraction of sp³-hybridized carbons (Fsp3) is 0.333. The normalized spacial score (nSPS) is 11.2. The quantitative estimate of drug-likeness (QED) is 0.471. The Hall–Kier alpha value is -0.350. The third-order valence-electron chi connectivity index (χ3n) is 1.11. The molecule has 0 aliphatic rings. The number of rotatable bonds is 0. The second kappa shape index (κ2) is 3.16. The maximum absolute atomic E-state index is 5.15. The monoisotopic (exact) mass is 174 g/mol. The average molecular weight is 174 g/mol. The molecule has 0 aliphatic heterocycles. The number of nitrogens with zero attached hydrogens (tertiary/aromatic N) is 2. The maximum Gasteiger partial charge on any atom is 0.125 e. The zero-order chi connectivity index (χ0) is 7.56. The van der Waals surface area contributed by atoms with Crippen molar-refractivity contribution in [2.24, 2.45) is 0 Å². The molecule has 0 saturated carbocycles. The Labute approximate surface area is 68.6 Å². The predicted molar refractivity (Wildman–Crippen MR) is 51.1 cm³/mol. The first kappa shape index (κ1) is 7.75. The Bertz CT molecular complexity index is 216. The molecule has 1 aromatic heterocycles. The molecule has 10 heavy (non-hydrogen) atoms. The maximum atomic E-state index is 5.15. The van der Waals surface area contributed by atoms with Crippen molar-refractivity contribution in [3.63, 3.8) is 0 Å². The van der Waals surface area contributed by atoms with Gasteiger partial charge in [-0.15, -0.1) is 0 Å². The Morgan fingerprint density at radius 3 is 2.70 bits per heavy atom. The lowest BCUT2D eigenvalue weighted by Crippen LogP contribution is -2.04. The van der Waals surface area contributed by atoms with E-state index in [9.17, 15) is 0 Å². The van der Waals surface area contributed by atoms with Gasteiger partial charge in [0.25, 0.3) is 0 Å². The first-order valence-corrected chi connectivity index (χ1v) is 5.56. The highest BCUT2D eigenvalue weighted by Gasteiger charge is 1.98. The number of imidazole rings is 1. The molecule has 0 radical (unpaired) electrons. The SMILES string of the molecule is C[SH](C)C(=S)n1ccnc1. The van der Waals surface area contributed by atoms with E-state index in [1.165, 1.54) is 0 Å². The summed E-state index contributed by atoms with van der Waals surface area (Å²) in [6, 6.07) is 0. The van der Waals surface area contributed by atoms with E-state index in [0.29, 0.717) is 0 Å². The standard InChI is InChI=1S/C6H10N2S2/c1-10(2)6(9)8-4-3-7-5-8/h3-5,10H,1-2H3. The number of hydrogen-bond acceptors (Lipinski definition) is 2. The molecule has 2 nitrogen and oxygen atoms in total. The molecular weight excluding hydrogens is 164 g/mol. The minimum absolute atomic E-state index is 0.158. The molecule has 0 spiro atoms. The number of thiol groups is 1. The third-order valence-corrected chi connectivity index (χ3v) is 3.41. The molecule has 0 unspecified atom stereocenters. The Morgan fingerprint density at radius 1 is 1.60 bits per heavy atom. The van der Waals surface area contributed by atoms with E-state index in [0.717, 1.165) is 4.32 Å². The van der Waals surface area contributed by atoms with E-state index in [2.05, 4.69) is 17.5 Å². The van der Waals surface area contributed by atoms with Crippen molar-refractivity contribution in [3.8, 4) is 0 Å².